The Morgan fingerprint density at radius 2 is 2.32 bits per heavy atom. The molecule has 1 N–H and O–H groups in total. The van der Waals surface area contributed by atoms with Crippen LogP contribution in [0.2, 0.25) is 0 Å². The third-order valence-corrected chi connectivity index (χ3v) is 2.62. The van der Waals surface area contributed by atoms with Crippen LogP contribution in [-0.2, 0) is 16.1 Å². The highest BCUT2D eigenvalue weighted by atomic mass is 16.2. The molecule has 0 fully saturated rings. The minimum absolute atomic E-state index is 0.0556. The van der Waals surface area contributed by atoms with Gasteiger partial charge in [0.15, 0.2) is 0 Å². The molecule has 0 bridgehead atoms. The summed E-state index contributed by atoms with van der Waals surface area (Å²) in [6, 6.07) is 3.72. The topological polar surface area (TPSA) is 62.3 Å². The second kappa shape index (κ2) is 8.02. The van der Waals surface area contributed by atoms with Crippen LogP contribution in [0, 0.1) is 0 Å². The van der Waals surface area contributed by atoms with E-state index in [1.54, 1.807) is 23.4 Å². The van der Waals surface area contributed by atoms with Gasteiger partial charge in [-0.1, -0.05) is 12.1 Å². The second-order valence-corrected chi connectivity index (χ2v) is 4.14. The molecule has 0 aromatic carbocycles. The van der Waals surface area contributed by atoms with Crippen LogP contribution in [0.1, 0.15) is 18.9 Å². The highest BCUT2D eigenvalue weighted by Gasteiger charge is 2.09. The van der Waals surface area contributed by atoms with Gasteiger partial charge in [0.2, 0.25) is 11.8 Å². The summed E-state index contributed by atoms with van der Waals surface area (Å²) in [4.78, 5) is 28.5. The smallest absolute Gasteiger partial charge is 0.222 e. The molecule has 0 saturated carbocycles. The molecule has 0 atom stereocenters. The van der Waals surface area contributed by atoms with Gasteiger partial charge in [0.05, 0.1) is 0 Å². The Kier molecular flexibility index (Phi) is 6.29. The number of carbonyl (C=O) groups excluding carboxylic acids is 2. The average molecular weight is 261 g/mol. The van der Waals surface area contributed by atoms with E-state index in [2.05, 4.69) is 16.9 Å². The summed E-state index contributed by atoms with van der Waals surface area (Å²) in [6.45, 7) is 6.39. The van der Waals surface area contributed by atoms with Crippen molar-refractivity contribution >= 4 is 11.8 Å². The molecule has 2 amide bonds. The van der Waals surface area contributed by atoms with Crippen molar-refractivity contribution in [3.05, 3.63) is 42.7 Å². The van der Waals surface area contributed by atoms with Crippen LogP contribution in [0.5, 0.6) is 0 Å². The first-order valence-electron chi connectivity index (χ1n) is 6.15. The van der Waals surface area contributed by atoms with E-state index in [1.807, 2.05) is 12.1 Å². The third-order valence-electron chi connectivity index (χ3n) is 2.62. The lowest BCUT2D eigenvalue weighted by molar-refractivity contribution is -0.129. The van der Waals surface area contributed by atoms with Crippen LogP contribution < -0.4 is 5.32 Å². The lowest BCUT2D eigenvalue weighted by atomic mass is 10.3. The molecule has 1 aromatic heterocycles. The Bertz CT molecular complexity index is 432. The predicted molar refractivity (Wildman–Crippen MR) is 73.2 cm³/mol. The number of pyridine rings is 1. The normalized spacial score (nSPS) is 9.74. The molecule has 102 valence electrons. The molecular formula is C14H19N3O2. The van der Waals surface area contributed by atoms with Crippen molar-refractivity contribution in [2.24, 2.45) is 0 Å². The van der Waals surface area contributed by atoms with Crippen molar-refractivity contribution in [1.82, 2.24) is 15.2 Å². The van der Waals surface area contributed by atoms with Crippen LogP contribution in [0.25, 0.3) is 0 Å². The van der Waals surface area contributed by atoms with Crippen molar-refractivity contribution in [2.45, 2.75) is 19.9 Å². The lowest BCUT2D eigenvalue weighted by Crippen LogP contribution is -2.33. The van der Waals surface area contributed by atoms with Crippen LogP contribution >= 0.6 is 0 Å². The maximum Gasteiger partial charge on any atom is 0.222 e. The number of carbonyl (C=O) groups is 2. The monoisotopic (exact) mass is 261 g/mol. The summed E-state index contributed by atoms with van der Waals surface area (Å²) >= 11 is 0. The van der Waals surface area contributed by atoms with Gasteiger partial charge in [-0.15, -0.1) is 6.58 Å². The Morgan fingerprint density at radius 1 is 1.53 bits per heavy atom. The minimum atomic E-state index is -0.0841. The van der Waals surface area contributed by atoms with Crippen molar-refractivity contribution < 1.29 is 9.59 Å². The Balaban J connectivity index is 2.31. The van der Waals surface area contributed by atoms with Gasteiger partial charge in [0.1, 0.15) is 0 Å². The average Bonchev–Trinajstić information content (AvgIpc) is 2.42. The fourth-order valence-electron chi connectivity index (χ4n) is 1.56. The number of hydrogen-bond donors (Lipinski definition) is 1. The molecule has 0 aliphatic rings. The van der Waals surface area contributed by atoms with Gasteiger partial charge in [0, 0.05) is 45.4 Å². The van der Waals surface area contributed by atoms with Crippen molar-refractivity contribution in [3.8, 4) is 0 Å². The summed E-state index contributed by atoms with van der Waals surface area (Å²) in [5.74, 6) is -0.140. The Morgan fingerprint density at radius 3 is 2.89 bits per heavy atom. The summed E-state index contributed by atoms with van der Waals surface area (Å²) in [6.07, 6.45) is 5.33. The number of hydrogen-bond acceptors (Lipinski definition) is 3. The lowest BCUT2D eigenvalue weighted by Gasteiger charge is -2.18. The zero-order valence-electron chi connectivity index (χ0n) is 11.1. The molecule has 1 rings (SSSR count). The number of nitrogens with zero attached hydrogens (tertiary/aromatic N) is 2. The Labute approximate surface area is 113 Å². The highest BCUT2D eigenvalue weighted by molar-refractivity contribution is 5.78. The number of amides is 2. The maximum absolute atomic E-state index is 11.7. The van der Waals surface area contributed by atoms with Crippen molar-refractivity contribution in [1.29, 1.82) is 0 Å². The van der Waals surface area contributed by atoms with E-state index in [9.17, 15) is 9.59 Å². The summed E-state index contributed by atoms with van der Waals surface area (Å²) < 4.78 is 0. The van der Waals surface area contributed by atoms with Gasteiger partial charge in [-0.3, -0.25) is 14.6 Å². The van der Waals surface area contributed by atoms with E-state index in [-0.39, 0.29) is 18.2 Å². The zero-order chi connectivity index (χ0) is 14.1. The molecule has 1 heterocycles. The van der Waals surface area contributed by atoms with Crippen molar-refractivity contribution in [3.63, 3.8) is 0 Å². The van der Waals surface area contributed by atoms with Gasteiger partial charge >= 0.3 is 0 Å². The largest absolute Gasteiger partial charge is 0.352 e. The summed E-state index contributed by atoms with van der Waals surface area (Å²) in [5, 5.41) is 2.79. The van der Waals surface area contributed by atoms with E-state index in [0.717, 1.165) is 5.56 Å². The molecule has 5 nitrogen and oxygen atoms in total. The van der Waals surface area contributed by atoms with E-state index in [4.69, 9.17) is 0 Å². The van der Waals surface area contributed by atoms with Crippen LogP contribution in [0.4, 0.5) is 0 Å². The van der Waals surface area contributed by atoms with Crippen molar-refractivity contribution in [2.75, 3.05) is 13.1 Å². The van der Waals surface area contributed by atoms with Gasteiger partial charge in [-0.25, -0.2) is 0 Å². The fraction of sp³-hybridized carbons (Fsp3) is 0.357. The standard InChI is InChI=1S/C14H19N3O2/c1-3-8-17(12(2)18)9-6-14(19)16-11-13-5-4-7-15-10-13/h3-5,7,10H,1,6,8-9,11H2,2H3,(H,16,19). The number of rotatable bonds is 7. The first kappa shape index (κ1) is 14.9. The number of aromatic nitrogens is 1. The minimum Gasteiger partial charge on any atom is -0.352 e. The molecule has 0 spiro atoms. The van der Waals surface area contributed by atoms with E-state index in [0.29, 0.717) is 19.6 Å². The highest BCUT2D eigenvalue weighted by Crippen LogP contribution is 1.96. The number of nitrogens with one attached hydrogen (secondary N) is 1. The molecule has 0 aliphatic heterocycles. The molecule has 0 aliphatic carbocycles. The SMILES string of the molecule is C=CCN(CCC(=O)NCc1cccnc1)C(C)=O. The molecule has 5 heteroatoms. The Hall–Kier alpha value is -2.17. The van der Waals surface area contributed by atoms with Gasteiger partial charge in [0.25, 0.3) is 0 Å². The first-order chi connectivity index (χ1) is 9.13. The van der Waals surface area contributed by atoms with E-state index >= 15 is 0 Å². The van der Waals surface area contributed by atoms with Gasteiger partial charge in [-0.2, -0.15) is 0 Å². The summed E-state index contributed by atoms with van der Waals surface area (Å²) in [7, 11) is 0. The molecule has 19 heavy (non-hydrogen) atoms. The third kappa shape index (κ3) is 5.81. The van der Waals surface area contributed by atoms with Gasteiger partial charge < -0.3 is 10.2 Å². The quantitative estimate of drug-likeness (QED) is 0.748. The zero-order valence-corrected chi connectivity index (χ0v) is 11.1. The second-order valence-electron chi connectivity index (χ2n) is 4.14. The van der Waals surface area contributed by atoms with Crippen LogP contribution in [-0.4, -0.2) is 34.8 Å². The van der Waals surface area contributed by atoms with E-state index in [1.165, 1.54) is 6.92 Å². The van der Waals surface area contributed by atoms with Gasteiger partial charge in [-0.05, 0) is 11.6 Å². The molecule has 0 unspecified atom stereocenters. The maximum atomic E-state index is 11.7. The molecule has 1 aromatic rings. The molecular weight excluding hydrogens is 242 g/mol. The molecule has 0 saturated heterocycles. The van der Waals surface area contributed by atoms with Crippen LogP contribution in [0.3, 0.4) is 0 Å². The molecule has 0 radical (unpaired) electrons. The van der Waals surface area contributed by atoms with Crippen LogP contribution in [0.15, 0.2) is 37.2 Å². The first-order valence-corrected chi connectivity index (χ1v) is 6.15. The summed E-state index contributed by atoms with van der Waals surface area (Å²) in [5.41, 5.74) is 0.949. The predicted octanol–water partition coefficient (Wildman–Crippen LogP) is 1.12. The fourth-order valence-corrected chi connectivity index (χ4v) is 1.56. The van der Waals surface area contributed by atoms with E-state index < -0.39 is 0 Å².